The molecule has 152 valence electrons. The second kappa shape index (κ2) is 7.60. The number of hydrogen-bond acceptors (Lipinski definition) is 4. The first-order valence-corrected chi connectivity index (χ1v) is 10.8. The Labute approximate surface area is 175 Å². The number of aromatic nitrogens is 3. The summed E-state index contributed by atoms with van der Waals surface area (Å²) in [6.45, 7) is 0.955. The van der Waals surface area contributed by atoms with Crippen molar-refractivity contribution >= 4 is 39.6 Å². The van der Waals surface area contributed by atoms with Gasteiger partial charge in [-0.05, 0) is 30.2 Å². The summed E-state index contributed by atoms with van der Waals surface area (Å²) >= 11 is 1.53. The summed E-state index contributed by atoms with van der Waals surface area (Å²) in [5.74, 6) is 0.271. The van der Waals surface area contributed by atoms with E-state index in [1.165, 1.54) is 23.9 Å². The van der Waals surface area contributed by atoms with Gasteiger partial charge >= 0.3 is 0 Å². The highest BCUT2D eigenvalue weighted by atomic mass is 32.2. The minimum atomic E-state index is -0.401. The number of halogens is 1. The molecule has 0 spiro atoms. The van der Waals surface area contributed by atoms with Crippen LogP contribution < -0.4 is 10.9 Å². The Morgan fingerprint density at radius 3 is 2.87 bits per heavy atom. The molecule has 0 bridgehead atoms. The van der Waals surface area contributed by atoms with Gasteiger partial charge in [-0.3, -0.25) is 14.2 Å². The predicted molar refractivity (Wildman–Crippen MR) is 115 cm³/mol. The van der Waals surface area contributed by atoms with Crippen LogP contribution in [-0.2, 0) is 24.4 Å². The third-order valence-electron chi connectivity index (χ3n) is 5.28. The fourth-order valence-electron chi connectivity index (χ4n) is 3.86. The molecule has 6 nitrogen and oxygen atoms in total. The van der Waals surface area contributed by atoms with Crippen molar-refractivity contribution in [3.05, 3.63) is 70.3 Å². The predicted octanol–water partition coefficient (Wildman–Crippen LogP) is 3.30. The molecule has 1 N–H and O–H groups in total. The van der Waals surface area contributed by atoms with Gasteiger partial charge in [0.1, 0.15) is 23.4 Å². The fraction of sp³-hybridized carbons (Fsp3) is 0.227. The first-order valence-electron chi connectivity index (χ1n) is 9.77. The summed E-state index contributed by atoms with van der Waals surface area (Å²) in [5, 5.41) is 4.09. The molecule has 2 aromatic carbocycles. The summed E-state index contributed by atoms with van der Waals surface area (Å²) < 4.78 is 17.3. The van der Waals surface area contributed by atoms with E-state index in [1.54, 1.807) is 15.2 Å². The van der Waals surface area contributed by atoms with Gasteiger partial charge in [-0.15, -0.1) is 0 Å². The lowest BCUT2D eigenvalue weighted by Crippen LogP contribution is -2.30. The second-order valence-electron chi connectivity index (χ2n) is 7.26. The van der Waals surface area contributed by atoms with Crippen molar-refractivity contribution in [1.82, 2.24) is 19.4 Å². The summed E-state index contributed by atoms with van der Waals surface area (Å²) in [7, 11) is 0. The van der Waals surface area contributed by atoms with Gasteiger partial charge in [-0.1, -0.05) is 42.1 Å². The molecular weight excluding hydrogens is 403 g/mol. The molecule has 0 aliphatic carbocycles. The standard InChI is InChI=1S/C22H19FN4O2S/c23-15-7-8-17-16(11-15)19-20(21(29)26-9-4-10-30-22(26)25-19)27(17)13-18(28)24-12-14-5-2-1-3-6-14/h1-3,5-8,11H,4,9-10,12-13H2,(H,24,28). The SMILES string of the molecule is O=C(Cn1c2ccc(F)cc2c2nc3n(c(=O)c21)CCCS3)NCc1ccccc1. The molecule has 8 heteroatoms. The molecule has 0 saturated carbocycles. The number of carbonyl (C=O) groups is 1. The summed E-state index contributed by atoms with van der Waals surface area (Å²) in [6, 6.07) is 13.9. The zero-order valence-corrected chi connectivity index (χ0v) is 16.9. The van der Waals surface area contributed by atoms with Crippen LogP contribution in [0.2, 0.25) is 0 Å². The quantitative estimate of drug-likeness (QED) is 0.513. The number of hydrogen-bond donors (Lipinski definition) is 1. The number of nitrogens with one attached hydrogen (secondary N) is 1. The van der Waals surface area contributed by atoms with Crippen LogP contribution in [0.1, 0.15) is 12.0 Å². The Kier molecular flexibility index (Phi) is 4.78. The van der Waals surface area contributed by atoms with Gasteiger partial charge in [0.25, 0.3) is 5.56 Å². The van der Waals surface area contributed by atoms with Gasteiger partial charge in [-0.25, -0.2) is 9.37 Å². The van der Waals surface area contributed by atoms with Crippen LogP contribution in [0.25, 0.3) is 21.9 Å². The van der Waals surface area contributed by atoms with Crippen molar-refractivity contribution in [2.24, 2.45) is 0 Å². The fourth-order valence-corrected chi connectivity index (χ4v) is 4.81. The Morgan fingerprint density at radius 1 is 1.20 bits per heavy atom. The molecule has 0 saturated heterocycles. The Hall–Kier alpha value is -3.13. The average molecular weight is 422 g/mol. The number of benzene rings is 2. The van der Waals surface area contributed by atoms with Crippen molar-refractivity contribution in [2.75, 3.05) is 5.75 Å². The highest BCUT2D eigenvalue weighted by Crippen LogP contribution is 2.30. The molecule has 5 rings (SSSR count). The van der Waals surface area contributed by atoms with Crippen molar-refractivity contribution < 1.29 is 9.18 Å². The highest BCUT2D eigenvalue weighted by molar-refractivity contribution is 7.99. The maximum absolute atomic E-state index is 14.0. The summed E-state index contributed by atoms with van der Waals surface area (Å²) in [4.78, 5) is 30.6. The molecule has 1 amide bonds. The van der Waals surface area contributed by atoms with Gasteiger partial charge in [0, 0.05) is 24.2 Å². The number of carbonyl (C=O) groups excluding carboxylic acids is 1. The van der Waals surface area contributed by atoms with E-state index in [0.29, 0.717) is 40.2 Å². The molecule has 0 atom stereocenters. The third kappa shape index (κ3) is 3.27. The minimum absolute atomic E-state index is 0.0398. The molecule has 0 fully saturated rings. The lowest BCUT2D eigenvalue weighted by molar-refractivity contribution is -0.121. The third-order valence-corrected chi connectivity index (χ3v) is 6.34. The van der Waals surface area contributed by atoms with Gasteiger partial charge in [0.15, 0.2) is 5.16 Å². The van der Waals surface area contributed by atoms with Gasteiger partial charge in [-0.2, -0.15) is 0 Å². The molecule has 1 aliphatic heterocycles. The molecule has 2 aromatic heterocycles. The van der Waals surface area contributed by atoms with E-state index in [-0.39, 0.29) is 18.0 Å². The minimum Gasteiger partial charge on any atom is -0.350 e. The Bertz CT molecular complexity index is 1330. The lowest BCUT2D eigenvalue weighted by Gasteiger charge is -2.17. The van der Waals surface area contributed by atoms with Crippen molar-refractivity contribution in [3.8, 4) is 0 Å². The highest BCUT2D eigenvalue weighted by Gasteiger charge is 2.22. The average Bonchev–Trinajstić information content (AvgIpc) is 3.06. The molecule has 1 aliphatic rings. The first kappa shape index (κ1) is 18.9. The summed E-state index contributed by atoms with van der Waals surface area (Å²) in [5.41, 5.74) is 2.22. The molecular formula is C22H19FN4O2S. The van der Waals surface area contributed by atoms with E-state index < -0.39 is 5.82 Å². The number of thioether (sulfide) groups is 1. The van der Waals surface area contributed by atoms with E-state index in [0.717, 1.165) is 17.7 Å². The lowest BCUT2D eigenvalue weighted by atomic mass is 10.2. The topological polar surface area (TPSA) is 68.9 Å². The molecule has 0 unspecified atom stereocenters. The number of rotatable bonds is 4. The van der Waals surface area contributed by atoms with E-state index in [4.69, 9.17) is 0 Å². The van der Waals surface area contributed by atoms with Gasteiger partial charge in [0.05, 0.1) is 5.52 Å². The molecule has 4 aromatic rings. The van der Waals surface area contributed by atoms with Crippen LogP contribution in [0.3, 0.4) is 0 Å². The number of amides is 1. The second-order valence-corrected chi connectivity index (χ2v) is 8.32. The smallest absolute Gasteiger partial charge is 0.278 e. The molecule has 30 heavy (non-hydrogen) atoms. The summed E-state index contributed by atoms with van der Waals surface area (Å²) in [6.07, 6.45) is 0.886. The van der Waals surface area contributed by atoms with Gasteiger partial charge < -0.3 is 9.88 Å². The monoisotopic (exact) mass is 422 g/mol. The first-order chi connectivity index (χ1) is 14.6. The van der Waals surface area contributed by atoms with Crippen LogP contribution >= 0.6 is 11.8 Å². The van der Waals surface area contributed by atoms with Crippen molar-refractivity contribution in [2.45, 2.75) is 31.2 Å². The van der Waals surface area contributed by atoms with Crippen LogP contribution in [0.4, 0.5) is 4.39 Å². The van der Waals surface area contributed by atoms with Crippen LogP contribution in [0, 0.1) is 5.82 Å². The maximum Gasteiger partial charge on any atom is 0.278 e. The Morgan fingerprint density at radius 2 is 2.03 bits per heavy atom. The Balaban J connectivity index is 1.59. The normalized spacial score (nSPS) is 13.5. The maximum atomic E-state index is 14.0. The largest absolute Gasteiger partial charge is 0.350 e. The van der Waals surface area contributed by atoms with Crippen molar-refractivity contribution in [3.63, 3.8) is 0 Å². The van der Waals surface area contributed by atoms with E-state index >= 15 is 0 Å². The van der Waals surface area contributed by atoms with Crippen LogP contribution in [0.15, 0.2) is 58.5 Å². The van der Waals surface area contributed by atoms with E-state index in [2.05, 4.69) is 10.3 Å². The van der Waals surface area contributed by atoms with Crippen molar-refractivity contribution in [1.29, 1.82) is 0 Å². The van der Waals surface area contributed by atoms with Crippen LogP contribution in [-0.4, -0.2) is 25.8 Å². The van der Waals surface area contributed by atoms with Gasteiger partial charge in [0.2, 0.25) is 5.91 Å². The molecule has 0 radical (unpaired) electrons. The number of fused-ring (bicyclic) bond motifs is 4. The number of nitrogens with zero attached hydrogens (tertiary/aromatic N) is 3. The zero-order valence-electron chi connectivity index (χ0n) is 16.1. The van der Waals surface area contributed by atoms with E-state index in [9.17, 15) is 14.0 Å². The van der Waals surface area contributed by atoms with Crippen LogP contribution in [0.5, 0.6) is 0 Å². The zero-order chi connectivity index (χ0) is 20.7. The van der Waals surface area contributed by atoms with E-state index in [1.807, 2.05) is 30.3 Å². The molecule has 3 heterocycles.